The zero-order valence-corrected chi connectivity index (χ0v) is 11.2. The van der Waals surface area contributed by atoms with Crippen molar-refractivity contribution >= 4 is 5.91 Å². The highest BCUT2D eigenvalue weighted by Crippen LogP contribution is 2.14. The monoisotopic (exact) mass is 277 g/mol. The SMILES string of the molecule is COCC(=O)NCc1nnnn1-c1ccc(OC)cc1. The maximum atomic E-state index is 11.3. The molecule has 0 atom stereocenters. The summed E-state index contributed by atoms with van der Waals surface area (Å²) in [6, 6.07) is 7.28. The van der Waals surface area contributed by atoms with E-state index in [1.54, 1.807) is 11.8 Å². The van der Waals surface area contributed by atoms with Gasteiger partial charge in [0.25, 0.3) is 0 Å². The largest absolute Gasteiger partial charge is 0.497 e. The third-order valence-electron chi connectivity index (χ3n) is 2.57. The molecule has 2 rings (SSSR count). The van der Waals surface area contributed by atoms with Crippen LogP contribution in [0.25, 0.3) is 5.69 Å². The molecule has 1 heterocycles. The van der Waals surface area contributed by atoms with Gasteiger partial charge in [0.05, 0.1) is 19.3 Å². The summed E-state index contributed by atoms with van der Waals surface area (Å²) >= 11 is 0. The van der Waals surface area contributed by atoms with Crippen molar-refractivity contribution in [3.63, 3.8) is 0 Å². The molecule has 8 heteroatoms. The molecule has 8 nitrogen and oxygen atoms in total. The van der Waals surface area contributed by atoms with E-state index in [1.165, 1.54) is 7.11 Å². The van der Waals surface area contributed by atoms with Crippen LogP contribution in [-0.2, 0) is 16.1 Å². The molecule has 0 saturated carbocycles. The molecule has 0 fully saturated rings. The Morgan fingerprint density at radius 3 is 2.70 bits per heavy atom. The van der Waals surface area contributed by atoms with Crippen LogP contribution in [0.4, 0.5) is 0 Å². The molecule has 1 amide bonds. The number of benzene rings is 1. The van der Waals surface area contributed by atoms with Crippen molar-refractivity contribution in [2.75, 3.05) is 20.8 Å². The summed E-state index contributed by atoms with van der Waals surface area (Å²) in [5, 5.41) is 14.1. The van der Waals surface area contributed by atoms with Gasteiger partial charge in [-0.05, 0) is 34.7 Å². The van der Waals surface area contributed by atoms with E-state index >= 15 is 0 Å². The van der Waals surface area contributed by atoms with Crippen molar-refractivity contribution in [2.24, 2.45) is 0 Å². The molecule has 0 aliphatic carbocycles. The number of amides is 1. The Morgan fingerprint density at radius 1 is 1.30 bits per heavy atom. The van der Waals surface area contributed by atoms with Gasteiger partial charge in [0.1, 0.15) is 12.4 Å². The van der Waals surface area contributed by atoms with Crippen LogP contribution < -0.4 is 10.1 Å². The van der Waals surface area contributed by atoms with Crippen LogP contribution in [0.2, 0.25) is 0 Å². The van der Waals surface area contributed by atoms with Crippen molar-refractivity contribution in [2.45, 2.75) is 6.54 Å². The predicted molar refractivity (Wildman–Crippen MR) is 69.4 cm³/mol. The minimum absolute atomic E-state index is 0.00407. The highest BCUT2D eigenvalue weighted by molar-refractivity contribution is 5.77. The average Bonchev–Trinajstić information content (AvgIpc) is 2.94. The van der Waals surface area contributed by atoms with Crippen molar-refractivity contribution in [3.05, 3.63) is 30.1 Å². The van der Waals surface area contributed by atoms with E-state index in [9.17, 15) is 4.79 Å². The van der Waals surface area contributed by atoms with E-state index in [0.717, 1.165) is 11.4 Å². The van der Waals surface area contributed by atoms with Gasteiger partial charge in [0.15, 0.2) is 5.82 Å². The first-order valence-corrected chi connectivity index (χ1v) is 5.92. The van der Waals surface area contributed by atoms with E-state index in [-0.39, 0.29) is 19.1 Å². The second-order valence-corrected chi connectivity index (χ2v) is 3.91. The zero-order valence-electron chi connectivity index (χ0n) is 11.2. The van der Waals surface area contributed by atoms with E-state index in [1.807, 2.05) is 24.3 Å². The summed E-state index contributed by atoms with van der Waals surface area (Å²) in [6.07, 6.45) is 0. The van der Waals surface area contributed by atoms with Gasteiger partial charge in [-0.2, -0.15) is 4.68 Å². The van der Waals surface area contributed by atoms with Gasteiger partial charge in [0.2, 0.25) is 5.91 Å². The number of hydrogen-bond acceptors (Lipinski definition) is 6. The van der Waals surface area contributed by atoms with Gasteiger partial charge in [0, 0.05) is 7.11 Å². The van der Waals surface area contributed by atoms with Crippen LogP contribution in [0.15, 0.2) is 24.3 Å². The molecule has 20 heavy (non-hydrogen) atoms. The highest BCUT2D eigenvalue weighted by Gasteiger charge is 2.09. The lowest BCUT2D eigenvalue weighted by Gasteiger charge is -2.06. The third-order valence-corrected chi connectivity index (χ3v) is 2.57. The van der Waals surface area contributed by atoms with E-state index in [4.69, 9.17) is 9.47 Å². The molecule has 0 unspecified atom stereocenters. The van der Waals surface area contributed by atoms with Crippen LogP contribution in [0, 0.1) is 0 Å². The number of aromatic nitrogens is 4. The Balaban J connectivity index is 2.09. The molecule has 106 valence electrons. The van der Waals surface area contributed by atoms with Gasteiger partial charge in [-0.15, -0.1) is 5.10 Å². The minimum atomic E-state index is -0.225. The normalized spacial score (nSPS) is 10.3. The standard InChI is InChI=1S/C12H15N5O3/c1-19-8-12(18)13-7-11-14-15-16-17(11)9-3-5-10(20-2)6-4-9/h3-6H,7-8H2,1-2H3,(H,13,18). The Kier molecular flexibility index (Phi) is 4.61. The number of nitrogens with zero attached hydrogens (tertiary/aromatic N) is 4. The molecule has 0 saturated heterocycles. The van der Waals surface area contributed by atoms with Crippen LogP contribution in [0.5, 0.6) is 5.75 Å². The fourth-order valence-corrected chi connectivity index (χ4v) is 1.60. The predicted octanol–water partition coefficient (Wildman–Crippen LogP) is -0.0665. The molecule has 0 radical (unpaired) electrons. The van der Waals surface area contributed by atoms with Gasteiger partial charge in [-0.25, -0.2) is 0 Å². The summed E-state index contributed by atoms with van der Waals surface area (Å²) in [4.78, 5) is 11.3. The van der Waals surface area contributed by atoms with E-state index in [2.05, 4.69) is 20.8 Å². The quantitative estimate of drug-likeness (QED) is 0.795. The molecular formula is C12H15N5O3. The summed E-state index contributed by atoms with van der Waals surface area (Å²) in [5.74, 6) is 1.05. The number of carbonyl (C=O) groups excluding carboxylic acids is 1. The van der Waals surface area contributed by atoms with Gasteiger partial charge < -0.3 is 14.8 Å². The van der Waals surface area contributed by atoms with Crippen LogP contribution >= 0.6 is 0 Å². The van der Waals surface area contributed by atoms with Gasteiger partial charge in [-0.1, -0.05) is 0 Å². The Morgan fingerprint density at radius 2 is 2.05 bits per heavy atom. The molecule has 0 spiro atoms. The molecule has 0 aliphatic rings. The minimum Gasteiger partial charge on any atom is -0.497 e. The average molecular weight is 277 g/mol. The Labute approximate surface area is 115 Å². The number of ether oxygens (including phenoxy) is 2. The summed E-state index contributed by atoms with van der Waals surface area (Å²) < 4.78 is 11.4. The lowest BCUT2D eigenvalue weighted by Crippen LogP contribution is -2.28. The number of tetrazole rings is 1. The molecule has 0 aliphatic heterocycles. The fourth-order valence-electron chi connectivity index (χ4n) is 1.60. The second kappa shape index (κ2) is 6.62. The first-order chi connectivity index (χ1) is 9.74. The summed E-state index contributed by atoms with van der Waals surface area (Å²) in [5.41, 5.74) is 0.784. The Bertz CT molecular complexity index is 567. The maximum Gasteiger partial charge on any atom is 0.246 e. The summed E-state index contributed by atoms with van der Waals surface area (Å²) in [6.45, 7) is 0.228. The number of nitrogens with one attached hydrogen (secondary N) is 1. The maximum absolute atomic E-state index is 11.3. The topological polar surface area (TPSA) is 91.2 Å². The summed E-state index contributed by atoms with van der Waals surface area (Å²) in [7, 11) is 3.06. The van der Waals surface area contributed by atoms with Crippen LogP contribution in [0.1, 0.15) is 5.82 Å². The van der Waals surface area contributed by atoms with Crippen molar-refractivity contribution < 1.29 is 14.3 Å². The van der Waals surface area contributed by atoms with Gasteiger partial charge in [-0.3, -0.25) is 4.79 Å². The molecule has 1 aromatic heterocycles. The second-order valence-electron chi connectivity index (χ2n) is 3.91. The molecule has 1 N–H and O–H groups in total. The first kappa shape index (κ1) is 13.9. The number of rotatable bonds is 6. The number of methoxy groups -OCH3 is 2. The zero-order chi connectivity index (χ0) is 14.4. The number of hydrogen-bond donors (Lipinski definition) is 1. The smallest absolute Gasteiger partial charge is 0.246 e. The van der Waals surface area contributed by atoms with Crippen LogP contribution in [-0.4, -0.2) is 46.9 Å². The molecule has 0 bridgehead atoms. The van der Waals surface area contributed by atoms with E-state index < -0.39 is 0 Å². The van der Waals surface area contributed by atoms with E-state index in [0.29, 0.717) is 5.82 Å². The Hall–Kier alpha value is -2.48. The van der Waals surface area contributed by atoms with Crippen LogP contribution in [0.3, 0.4) is 0 Å². The third kappa shape index (κ3) is 3.29. The van der Waals surface area contributed by atoms with Crippen molar-refractivity contribution in [1.29, 1.82) is 0 Å². The number of carbonyl (C=O) groups is 1. The first-order valence-electron chi connectivity index (χ1n) is 5.92. The van der Waals surface area contributed by atoms with Crippen molar-refractivity contribution in [1.82, 2.24) is 25.5 Å². The van der Waals surface area contributed by atoms with Crippen molar-refractivity contribution in [3.8, 4) is 11.4 Å². The highest BCUT2D eigenvalue weighted by atomic mass is 16.5. The molecular weight excluding hydrogens is 262 g/mol. The van der Waals surface area contributed by atoms with Gasteiger partial charge >= 0.3 is 0 Å². The molecule has 1 aromatic carbocycles. The fraction of sp³-hybridized carbons (Fsp3) is 0.333. The molecule has 2 aromatic rings. The lowest BCUT2D eigenvalue weighted by atomic mass is 10.3. The lowest BCUT2D eigenvalue weighted by molar-refractivity contribution is -0.124.